The van der Waals surface area contributed by atoms with Gasteiger partial charge < -0.3 is 10.7 Å². The molecule has 0 amide bonds. The van der Waals surface area contributed by atoms with Crippen LogP contribution in [0.2, 0.25) is 0 Å². The van der Waals surface area contributed by atoms with E-state index >= 15 is 0 Å². The summed E-state index contributed by atoms with van der Waals surface area (Å²) in [5.74, 6) is 7.82. The van der Waals surface area contributed by atoms with Crippen molar-refractivity contribution in [2.24, 2.45) is 5.84 Å². The molecule has 0 fully saturated rings. The van der Waals surface area contributed by atoms with Crippen molar-refractivity contribution in [3.05, 3.63) is 33.8 Å². The summed E-state index contributed by atoms with van der Waals surface area (Å²) in [4.78, 5) is 10.4. The van der Waals surface area contributed by atoms with Gasteiger partial charge in [0.05, 0.1) is 6.54 Å². The molecule has 0 radical (unpaired) electrons. The van der Waals surface area contributed by atoms with Crippen LogP contribution in [0.5, 0.6) is 0 Å². The first kappa shape index (κ1) is 14.7. The Hall–Kier alpha value is -1.66. The first-order chi connectivity index (χ1) is 9.41. The Morgan fingerprint density at radius 1 is 1.25 bits per heavy atom. The van der Waals surface area contributed by atoms with E-state index in [1.165, 1.54) is 4.88 Å². The van der Waals surface area contributed by atoms with Crippen molar-refractivity contribution in [1.82, 2.24) is 9.97 Å². The summed E-state index contributed by atoms with van der Waals surface area (Å²) in [6.45, 7) is 8.96. The Morgan fingerprint density at radius 3 is 2.50 bits per heavy atom. The molecule has 4 N–H and O–H groups in total. The van der Waals surface area contributed by atoms with Gasteiger partial charge in [-0.15, -0.1) is 11.3 Å². The lowest BCUT2D eigenvalue weighted by Crippen LogP contribution is -2.21. The topological polar surface area (TPSA) is 75.9 Å². The van der Waals surface area contributed by atoms with Crippen LogP contribution in [-0.4, -0.2) is 9.97 Å². The molecule has 108 valence electrons. The highest BCUT2D eigenvalue weighted by molar-refractivity contribution is 7.09. The summed E-state index contributed by atoms with van der Waals surface area (Å²) in [7, 11) is 0. The maximum absolute atomic E-state index is 5.56. The molecule has 0 aromatic carbocycles. The molecular weight excluding hydrogens is 270 g/mol. The number of nitrogens with zero attached hydrogens (tertiary/aromatic N) is 2. The zero-order valence-corrected chi connectivity index (χ0v) is 13.1. The summed E-state index contributed by atoms with van der Waals surface area (Å²) < 4.78 is 0. The van der Waals surface area contributed by atoms with E-state index < -0.39 is 0 Å². The van der Waals surface area contributed by atoms with Crippen LogP contribution in [0, 0.1) is 6.92 Å². The van der Waals surface area contributed by atoms with Crippen LogP contribution in [0.15, 0.2) is 17.5 Å². The van der Waals surface area contributed by atoms with Crippen LogP contribution in [0.1, 0.15) is 37.0 Å². The van der Waals surface area contributed by atoms with Gasteiger partial charge in [0.2, 0.25) is 0 Å². The number of nitrogen functional groups attached to an aromatic ring is 1. The number of rotatable bonds is 4. The lowest BCUT2D eigenvalue weighted by Gasteiger charge is -2.20. The fourth-order valence-corrected chi connectivity index (χ4v) is 2.39. The normalized spacial score (nSPS) is 11.4. The third kappa shape index (κ3) is 3.26. The molecule has 0 unspecified atom stereocenters. The number of hydrogen-bond acceptors (Lipinski definition) is 6. The van der Waals surface area contributed by atoms with E-state index in [-0.39, 0.29) is 5.41 Å². The van der Waals surface area contributed by atoms with E-state index in [4.69, 9.17) is 5.84 Å². The average molecular weight is 291 g/mol. The molecule has 6 heteroatoms. The number of hydrogen-bond donors (Lipinski definition) is 3. The van der Waals surface area contributed by atoms with E-state index in [0.29, 0.717) is 5.82 Å². The molecule has 0 aliphatic carbocycles. The van der Waals surface area contributed by atoms with E-state index in [1.54, 1.807) is 11.3 Å². The van der Waals surface area contributed by atoms with Crippen LogP contribution < -0.4 is 16.6 Å². The molecule has 0 saturated carbocycles. The summed E-state index contributed by atoms with van der Waals surface area (Å²) >= 11 is 1.72. The molecule has 0 bridgehead atoms. The minimum atomic E-state index is -0.126. The minimum absolute atomic E-state index is 0.126. The van der Waals surface area contributed by atoms with Gasteiger partial charge in [0, 0.05) is 15.9 Å². The molecule has 20 heavy (non-hydrogen) atoms. The van der Waals surface area contributed by atoms with E-state index in [1.807, 2.05) is 13.0 Å². The maximum atomic E-state index is 5.56. The fourth-order valence-electron chi connectivity index (χ4n) is 1.75. The van der Waals surface area contributed by atoms with Crippen molar-refractivity contribution in [3.8, 4) is 0 Å². The SMILES string of the molecule is Cc1c(NN)nc(C(C)(C)C)nc1NCc1cccs1. The molecular formula is C14H21N5S. The van der Waals surface area contributed by atoms with Gasteiger partial charge in [-0.25, -0.2) is 15.8 Å². The minimum Gasteiger partial charge on any atom is -0.365 e. The lowest BCUT2D eigenvalue weighted by molar-refractivity contribution is 0.546. The van der Waals surface area contributed by atoms with Crippen molar-refractivity contribution in [2.45, 2.75) is 39.7 Å². The Morgan fingerprint density at radius 2 is 1.95 bits per heavy atom. The summed E-state index contributed by atoms with van der Waals surface area (Å²) in [6.07, 6.45) is 0. The van der Waals surface area contributed by atoms with Crippen LogP contribution in [-0.2, 0) is 12.0 Å². The number of aromatic nitrogens is 2. The van der Waals surface area contributed by atoms with Gasteiger partial charge in [0.1, 0.15) is 17.5 Å². The van der Waals surface area contributed by atoms with Gasteiger partial charge in [-0.1, -0.05) is 26.8 Å². The van der Waals surface area contributed by atoms with Gasteiger partial charge in [0.25, 0.3) is 0 Å². The highest BCUT2D eigenvalue weighted by Gasteiger charge is 2.20. The average Bonchev–Trinajstić information content (AvgIpc) is 2.89. The monoisotopic (exact) mass is 291 g/mol. The molecule has 2 heterocycles. The van der Waals surface area contributed by atoms with E-state index in [9.17, 15) is 0 Å². The number of thiophene rings is 1. The fraction of sp³-hybridized carbons (Fsp3) is 0.429. The highest BCUT2D eigenvalue weighted by atomic mass is 32.1. The first-order valence-electron chi connectivity index (χ1n) is 6.54. The predicted octanol–water partition coefficient (Wildman–Crippen LogP) is 3.04. The van der Waals surface area contributed by atoms with Crippen LogP contribution in [0.25, 0.3) is 0 Å². The Kier molecular flexibility index (Phi) is 4.25. The van der Waals surface area contributed by atoms with E-state index in [2.05, 4.69) is 52.9 Å². The summed E-state index contributed by atoms with van der Waals surface area (Å²) in [6, 6.07) is 4.14. The van der Waals surface area contributed by atoms with Crippen molar-refractivity contribution in [2.75, 3.05) is 10.7 Å². The molecule has 0 spiro atoms. The molecule has 0 aliphatic rings. The van der Waals surface area contributed by atoms with Gasteiger partial charge >= 0.3 is 0 Å². The number of hydrazine groups is 1. The number of nitrogens with one attached hydrogen (secondary N) is 2. The molecule has 2 aromatic rings. The largest absolute Gasteiger partial charge is 0.365 e. The third-order valence-corrected chi connectivity index (χ3v) is 3.84. The standard InChI is InChI=1S/C14H21N5S/c1-9-11(16-8-10-6-5-7-20-10)17-13(14(2,3)4)18-12(9)19-15/h5-7H,8,15H2,1-4H3,(H2,16,17,18,19). The first-order valence-corrected chi connectivity index (χ1v) is 7.42. The second-order valence-electron chi connectivity index (χ2n) is 5.70. The van der Waals surface area contributed by atoms with Crippen molar-refractivity contribution in [3.63, 3.8) is 0 Å². The molecule has 2 rings (SSSR count). The lowest BCUT2D eigenvalue weighted by atomic mass is 9.95. The van der Waals surface area contributed by atoms with Crippen LogP contribution in [0.3, 0.4) is 0 Å². The Labute approximate surface area is 123 Å². The third-order valence-electron chi connectivity index (χ3n) is 2.96. The molecule has 0 aliphatic heterocycles. The zero-order valence-electron chi connectivity index (χ0n) is 12.3. The second-order valence-corrected chi connectivity index (χ2v) is 6.73. The second kappa shape index (κ2) is 5.76. The zero-order chi connectivity index (χ0) is 14.8. The van der Waals surface area contributed by atoms with Crippen LogP contribution in [0.4, 0.5) is 11.6 Å². The van der Waals surface area contributed by atoms with Crippen molar-refractivity contribution < 1.29 is 0 Å². The smallest absolute Gasteiger partial charge is 0.148 e. The summed E-state index contributed by atoms with van der Waals surface area (Å²) in [5.41, 5.74) is 3.45. The van der Waals surface area contributed by atoms with Crippen LogP contribution >= 0.6 is 11.3 Å². The molecule has 0 saturated heterocycles. The quantitative estimate of drug-likeness (QED) is 0.596. The molecule has 0 atom stereocenters. The Bertz CT molecular complexity index is 572. The van der Waals surface area contributed by atoms with E-state index in [0.717, 1.165) is 23.8 Å². The van der Waals surface area contributed by atoms with Gasteiger partial charge in [-0.3, -0.25) is 0 Å². The number of anilines is 2. The molecule has 5 nitrogen and oxygen atoms in total. The Balaban J connectivity index is 2.30. The summed E-state index contributed by atoms with van der Waals surface area (Å²) in [5, 5.41) is 5.43. The van der Waals surface area contributed by atoms with Crippen molar-refractivity contribution >= 4 is 23.0 Å². The maximum Gasteiger partial charge on any atom is 0.148 e. The highest BCUT2D eigenvalue weighted by Crippen LogP contribution is 2.26. The predicted molar refractivity (Wildman–Crippen MR) is 84.9 cm³/mol. The number of nitrogens with two attached hydrogens (primary N) is 1. The van der Waals surface area contributed by atoms with Crippen molar-refractivity contribution in [1.29, 1.82) is 0 Å². The van der Waals surface area contributed by atoms with Gasteiger partial charge in [-0.2, -0.15) is 0 Å². The molecule has 2 aromatic heterocycles. The van der Waals surface area contributed by atoms with Gasteiger partial charge in [-0.05, 0) is 18.4 Å². The van der Waals surface area contributed by atoms with Gasteiger partial charge in [0.15, 0.2) is 0 Å².